The highest BCUT2D eigenvalue weighted by molar-refractivity contribution is 9.09. The van der Waals surface area contributed by atoms with E-state index in [4.69, 9.17) is 23.7 Å². The van der Waals surface area contributed by atoms with Gasteiger partial charge in [-0.25, -0.2) is 0 Å². The number of methoxy groups -OCH3 is 2. The monoisotopic (exact) mass is 902 g/mol. The lowest BCUT2D eigenvalue weighted by Crippen LogP contribution is -2.42. The molecule has 0 spiro atoms. The number of esters is 2. The Balaban J connectivity index is 0.000000240. The lowest BCUT2D eigenvalue weighted by atomic mass is 10.0. The molecule has 2 saturated heterocycles. The topological polar surface area (TPSA) is 105 Å². The van der Waals surface area contributed by atoms with Gasteiger partial charge in [-0.05, 0) is 87.5 Å². The molecule has 4 aromatic rings. The molecule has 2 aliphatic rings. The van der Waals surface area contributed by atoms with Gasteiger partial charge in [-0.15, -0.1) is 0 Å². The average Bonchev–Trinajstić information content (AvgIpc) is 3.32. The first-order chi connectivity index (χ1) is 29.8. The van der Waals surface area contributed by atoms with E-state index in [1.165, 1.54) is 37.3 Å². The number of alkyl halides is 1. The third-order valence-electron chi connectivity index (χ3n) is 10.7. The number of benzene rings is 4. The summed E-state index contributed by atoms with van der Waals surface area (Å²) in [7, 11) is 2.78. The van der Waals surface area contributed by atoms with Crippen molar-refractivity contribution in [3.8, 4) is 0 Å². The van der Waals surface area contributed by atoms with Crippen molar-refractivity contribution >= 4 is 27.9 Å². The van der Waals surface area contributed by atoms with E-state index in [0.717, 1.165) is 70.3 Å². The van der Waals surface area contributed by atoms with Crippen LogP contribution in [0, 0.1) is 0 Å². The normalized spacial score (nSPS) is 18.2. The zero-order valence-corrected chi connectivity index (χ0v) is 38.1. The molecule has 4 aromatic carbocycles. The van der Waals surface area contributed by atoms with Gasteiger partial charge in [0.2, 0.25) is 0 Å². The maximum absolute atomic E-state index is 12.2. The van der Waals surface area contributed by atoms with Crippen molar-refractivity contribution in [3.05, 3.63) is 144 Å². The predicted octanol–water partition coefficient (Wildman–Crippen LogP) is 9.42. The first-order valence-electron chi connectivity index (χ1n) is 21.7. The summed E-state index contributed by atoms with van der Waals surface area (Å²) < 4.78 is 33.5. The Labute approximate surface area is 372 Å². The van der Waals surface area contributed by atoms with Gasteiger partial charge in [0.05, 0.1) is 33.0 Å². The van der Waals surface area contributed by atoms with Crippen LogP contribution < -0.4 is 5.32 Å². The van der Waals surface area contributed by atoms with Gasteiger partial charge in [-0.2, -0.15) is 0 Å². The molecule has 11 heteroatoms. The van der Waals surface area contributed by atoms with E-state index in [2.05, 4.69) is 130 Å². The van der Waals surface area contributed by atoms with E-state index in [-0.39, 0.29) is 54.6 Å². The number of hydrogen-bond acceptors (Lipinski definition) is 10. The van der Waals surface area contributed by atoms with Crippen molar-refractivity contribution in [3.63, 3.8) is 0 Å². The Morgan fingerprint density at radius 1 is 0.656 bits per heavy atom. The van der Waals surface area contributed by atoms with E-state index in [9.17, 15) is 9.59 Å². The number of nitrogens with one attached hydrogen (secondary N) is 1. The van der Waals surface area contributed by atoms with Crippen LogP contribution in [0.25, 0.3) is 0 Å². The van der Waals surface area contributed by atoms with Crippen LogP contribution in [0.3, 0.4) is 0 Å². The summed E-state index contributed by atoms with van der Waals surface area (Å²) in [4.78, 5) is 24.2. The Hall–Kier alpha value is -3.94. The van der Waals surface area contributed by atoms with Crippen LogP contribution in [-0.2, 0) is 50.9 Å². The fraction of sp³-hybridized carbons (Fsp3) is 0.480. The number of hydrogen-bond donors (Lipinski definition) is 1. The fourth-order valence-corrected chi connectivity index (χ4v) is 7.39. The Kier molecular flexibility index (Phi) is 23.9. The quantitative estimate of drug-likeness (QED) is 0.0724. The highest BCUT2D eigenvalue weighted by atomic mass is 79.9. The third-order valence-corrected chi connectivity index (χ3v) is 11.2. The molecule has 2 heterocycles. The molecule has 0 radical (unpaired) electrons. The van der Waals surface area contributed by atoms with Crippen molar-refractivity contribution < 1.29 is 38.0 Å². The zero-order chi connectivity index (χ0) is 43.5. The van der Waals surface area contributed by atoms with Crippen LogP contribution in [0.2, 0.25) is 0 Å². The minimum Gasteiger partial charge on any atom is -0.468 e. The average molecular weight is 904 g/mol. The number of rotatable bonds is 19. The Morgan fingerprint density at radius 3 is 1.56 bits per heavy atom. The van der Waals surface area contributed by atoms with E-state index >= 15 is 0 Å². The van der Waals surface area contributed by atoms with Crippen molar-refractivity contribution in [2.75, 3.05) is 52.4 Å². The lowest BCUT2D eigenvalue weighted by molar-refractivity contribution is -0.192. The number of nitrogens with zero attached hydrogens (tertiary/aromatic N) is 1. The van der Waals surface area contributed by atoms with E-state index < -0.39 is 0 Å². The van der Waals surface area contributed by atoms with Gasteiger partial charge in [0.1, 0.15) is 5.33 Å². The van der Waals surface area contributed by atoms with Crippen LogP contribution >= 0.6 is 15.9 Å². The van der Waals surface area contributed by atoms with Gasteiger partial charge in [-0.3, -0.25) is 14.5 Å². The molecule has 0 amide bonds. The summed E-state index contributed by atoms with van der Waals surface area (Å²) in [5.41, 5.74) is 4.98. The van der Waals surface area contributed by atoms with Gasteiger partial charge in [-0.1, -0.05) is 137 Å². The van der Waals surface area contributed by atoms with Crippen molar-refractivity contribution in [1.82, 2.24) is 10.2 Å². The summed E-state index contributed by atoms with van der Waals surface area (Å²) in [6, 6.07) is 42.0. The second-order valence-corrected chi connectivity index (χ2v) is 15.9. The Bertz CT molecular complexity index is 1720. The molecule has 6 rings (SSSR count). The maximum Gasteiger partial charge on any atom is 0.319 e. The number of ether oxygens (including phenoxy) is 6. The van der Waals surface area contributed by atoms with Crippen LogP contribution in [0.1, 0.15) is 86.7 Å². The third kappa shape index (κ3) is 19.8. The van der Waals surface area contributed by atoms with E-state index in [1.54, 1.807) is 0 Å². The Morgan fingerprint density at radius 2 is 1.11 bits per heavy atom. The molecule has 1 N–H and O–H groups in total. The summed E-state index contributed by atoms with van der Waals surface area (Å²) >= 11 is 2.90. The van der Waals surface area contributed by atoms with Gasteiger partial charge in [0.25, 0.3) is 0 Å². The first kappa shape index (κ1) is 49.7. The standard InChI is InChI=1S/C25H33NO4.C22H29NO2.C3H5BrO2/c1-20(22-13-7-4-8-14-22)26(19-24(27)28-2)18-23(17-21-11-5-3-6-12-21)30-25-15-9-10-16-29-25;1-18(20-12-6-3-7-13-20)23-17-21(16-19-10-4-2-5-11-19)25-22-14-8-9-15-24-22;1-6-3(5)2-4/h3-8,11-14,20,23,25H,9-10,15-19H2,1-2H3;2-7,10-13,18,21-23H,8-9,14-17H2,1H3;2H2,1H3/t20-,23+,25?;18-,21+,22?;/m11./s1. The summed E-state index contributed by atoms with van der Waals surface area (Å²) in [5.74, 6) is -0.486. The molecule has 0 bridgehead atoms. The summed E-state index contributed by atoms with van der Waals surface area (Å²) in [5, 5.41) is 3.91. The van der Waals surface area contributed by atoms with Gasteiger partial charge in [0, 0.05) is 38.4 Å². The molecule has 10 nitrogen and oxygen atoms in total. The lowest BCUT2D eigenvalue weighted by Gasteiger charge is -2.34. The van der Waals surface area contributed by atoms with Crippen LogP contribution in [0.5, 0.6) is 0 Å². The zero-order valence-electron chi connectivity index (χ0n) is 36.5. The van der Waals surface area contributed by atoms with Crippen molar-refractivity contribution in [2.24, 2.45) is 0 Å². The van der Waals surface area contributed by atoms with Gasteiger partial charge < -0.3 is 33.7 Å². The molecule has 61 heavy (non-hydrogen) atoms. The minimum atomic E-state index is -0.245. The molecule has 0 saturated carbocycles. The fourth-order valence-electron chi connectivity index (χ4n) is 7.16. The van der Waals surface area contributed by atoms with Crippen LogP contribution in [-0.4, -0.2) is 94.0 Å². The minimum absolute atomic E-state index is 0.0550. The first-order valence-corrected chi connectivity index (χ1v) is 22.8. The second kappa shape index (κ2) is 29.4. The maximum atomic E-state index is 12.2. The molecule has 0 aliphatic carbocycles. The molecule has 2 unspecified atom stereocenters. The molecule has 332 valence electrons. The number of carbonyl (C=O) groups is 2. The SMILES string of the molecule is COC(=O)CBr.COC(=O)CN(C[C@H](Cc1ccccc1)OC1CCCCO1)[C@H](C)c1ccccc1.C[C@@H](NC[C@H](Cc1ccccc1)OC1CCCCO1)c1ccccc1. The molecule has 6 atom stereocenters. The van der Waals surface area contributed by atoms with Gasteiger partial charge >= 0.3 is 11.9 Å². The second-order valence-electron chi connectivity index (χ2n) is 15.3. The van der Waals surface area contributed by atoms with Crippen molar-refractivity contribution in [1.29, 1.82) is 0 Å². The largest absolute Gasteiger partial charge is 0.468 e. The van der Waals surface area contributed by atoms with E-state index in [1.807, 2.05) is 36.4 Å². The summed E-state index contributed by atoms with van der Waals surface area (Å²) in [6.07, 6.45) is 7.89. The molecule has 2 aliphatic heterocycles. The number of halogens is 1. The van der Waals surface area contributed by atoms with E-state index in [0.29, 0.717) is 12.6 Å². The molecular formula is C50H67BrN2O8. The van der Waals surface area contributed by atoms with Gasteiger partial charge in [0.15, 0.2) is 12.6 Å². The van der Waals surface area contributed by atoms with Crippen LogP contribution in [0.15, 0.2) is 121 Å². The highest BCUT2D eigenvalue weighted by Crippen LogP contribution is 2.24. The summed E-state index contributed by atoms with van der Waals surface area (Å²) in [6.45, 7) is 7.52. The highest BCUT2D eigenvalue weighted by Gasteiger charge is 2.27. The molecule has 0 aromatic heterocycles. The van der Waals surface area contributed by atoms with Crippen molar-refractivity contribution in [2.45, 2.75) is 102 Å². The smallest absolute Gasteiger partial charge is 0.319 e. The van der Waals surface area contributed by atoms with Crippen LogP contribution in [0.4, 0.5) is 0 Å². The molecular weight excluding hydrogens is 836 g/mol. The predicted molar refractivity (Wildman–Crippen MR) is 244 cm³/mol. The molecule has 2 fully saturated rings. The number of carbonyl (C=O) groups excluding carboxylic acids is 2.